The highest BCUT2D eigenvalue weighted by Crippen LogP contribution is 2.10. The van der Waals surface area contributed by atoms with Crippen LogP contribution in [0.2, 0.25) is 0 Å². The molecule has 2 rings (SSSR count). The molecule has 18 heavy (non-hydrogen) atoms. The maximum Gasteiger partial charge on any atom is 0.356 e. The molecule has 0 radical (unpaired) electrons. The lowest BCUT2D eigenvalue weighted by molar-refractivity contribution is 0.0594. The van der Waals surface area contributed by atoms with Crippen molar-refractivity contribution in [2.24, 2.45) is 7.05 Å². The summed E-state index contributed by atoms with van der Waals surface area (Å²) in [6.07, 6.45) is 3.31. The van der Waals surface area contributed by atoms with Gasteiger partial charge in [0.15, 0.2) is 0 Å². The first-order chi connectivity index (χ1) is 8.70. The van der Waals surface area contributed by atoms with Crippen molar-refractivity contribution in [2.45, 2.75) is 6.54 Å². The summed E-state index contributed by atoms with van der Waals surface area (Å²) in [5.41, 5.74) is 2.14. The van der Waals surface area contributed by atoms with Crippen LogP contribution in [0.4, 0.5) is 5.69 Å². The van der Waals surface area contributed by atoms with E-state index >= 15 is 0 Å². The van der Waals surface area contributed by atoms with E-state index in [0.29, 0.717) is 6.54 Å². The molecule has 6 heteroatoms. The van der Waals surface area contributed by atoms with Crippen molar-refractivity contribution >= 4 is 11.7 Å². The lowest BCUT2D eigenvalue weighted by Gasteiger charge is -2.07. The van der Waals surface area contributed by atoms with Crippen molar-refractivity contribution in [1.82, 2.24) is 14.8 Å². The molecule has 0 aliphatic heterocycles. The number of pyridine rings is 1. The van der Waals surface area contributed by atoms with Gasteiger partial charge in [0.25, 0.3) is 0 Å². The average Bonchev–Trinajstić information content (AvgIpc) is 2.81. The van der Waals surface area contributed by atoms with Crippen molar-refractivity contribution in [2.75, 3.05) is 12.4 Å². The number of hydrogen-bond acceptors (Lipinski definition) is 5. The van der Waals surface area contributed by atoms with E-state index in [-0.39, 0.29) is 5.69 Å². The summed E-state index contributed by atoms with van der Waals surface area (Å²) in [4.78, 5) is 15.3. The largest absolute Gasteiger partial charge is 0.464 e. The molecular weight excluding hydrogens is 232 g/mol. The van der Waals surface area contributed by atoms with Crippen LogP contribution in [0.15, 0.2) is 30.6 Å². The van der Waals surface area contributed by atoms with Crippen LogP contribution in [0.25, 0.3) is 0 Å². The second-order valence-electron chi connectivity index (χ2n) is 3.72. The summed E-state index contributed by atoms with van der Waals surface area (Å²) in [6, 6.07) is 5.38. The third kappa shape index (κ3) is 2.65. The van der Waals surface area contributed by atoms with Gasteiger partial charge in [-0.1, -0.05) is 0 Å². The molecule has 0 bridgehead atoms. The molecule has 0 saturated carbocycles. The second kappa shape index (κ2) is 5.31. The minimum Gasteiger partial charge on any atom is -0.464 e. The number of esters is 1. The van der Waals surface area contributed by atoms with Gasteiger partial charge in [-0.15, -0.1) is 0 Å². The standard InChI is InChI=1S/C12H14N4O2/c1-16-10(4-6-15-16)8-14-9-3-5-13-11(7-9)12(17)18-2/h3-7H,8H2,1-2H3,(H,13,14). The Balaban J connectivity index is 2.06. The lowest BCUT2D eigenvalue weighted by Crippen LogP contribution is -2.08. The fraction of sp³-hybridized carbons (Fsp3) is 0.250. The lowest BCUT2D eigenvalue weighted by atomic mass is 10.3. The zero-order valence-corrected chi connectivity index (χ0v) is 10.3. The van der Waals surface area contributed by atoms with E-state index in [2.05, 4.69) is 20.1 Å². The zero-order chi connectivity index (χ0) is 13.0. The van der Waals surface area contributed by atoms with E-state index in [0.717, 1.165) is 11.4 Å². The molecule has 0 unspecified atom stereocenters. The molecule has 0 aliphatic carbocycles. The molecule has 0 spiro atoms. The number of carbonyl (C=O) groups is 1. The summed E-state index contributed by atoms with van der Waals surface area (Å²) in [6.45, 7) is 0.626. The first-order valence-corrected chi connectivity index (χ1v) is 5.46. The predicted molar refractivity (Wildman–Crippen MR) is 66.1 cm³/mol. The van der Waals surface area contributed by atoms with Crippen LogP contribution >= 0.6 is 0 Å². The second-order valence-corrected chi connectivity index (χ2v) is 3.72. The van der Waals surface area contributed by atoms with Crippen molar-refractivity contribution in [1.29, 1.82) is 0 Å². The van der Waals surface area contributed by atoms with Gasteiger partial charge in [0.1, 0.15) is 5.69 Å². The van der Waals surface area contributed by atoms with Gasteiger partial charge in [-0.25, -0.2) is 9.78 Å². The Morgan fingerprint density at radius 1 is 1.44 bits per heavy atom. The molecule has 6 nitrogen and oxygen atoms in total. The normalized spacial score (nSPS) is 10.1. The quantitative estimate of drug-likeness (QED) is 0.821. The van der Waals surface area contributed by atoms with Crippen LogP contribution in [0.1, 0.15) is 16.2 Å². The Labute approximate surface area is 105 Å². The van der Waals surface area contributed by atoms with Crippen LogP contribution < -0.4 is 5.32 Å². The van der Waals surface area contributed by atoms with Crippen LogP contribution in [0, 0.1) is 0 Å². The van der Waals surface area contributed by atoms with Crippen molar-refractivity contribution < 1.29 is 9.53 Å². The smallest absolute Gasteiger partial charge is 0.356 e. The zero-order valence-electron chi connectivity index (χ0n) is 10.3. The van der Waals surface area contributed by atoms with Gasteiger partial charge in [0, 0.05) is 25.1 Å². The van der Waals surface area contributed by atoms with Gasteiger partial charge < -0.3 is 10.1 Å². The number of carbonyl (C=O) groups excluding carboxylic acids is 1. The predicted octanol–water partition coefficient (Wildman–Crippen LogP) is 1.21. The maximum absolute atomic E-state index is 11.3. The Hall–Kier alpha value is -2.37. The number of aryl methyl sites for hydroxylation is 1. The maximum atomic E-state index is 11.3. The number of anilines is 1. The van der Waals surface area contributed by atoms with E-state index in [1.807, 2.05) is 13.1 Å². The topological polar surface area (TPSA) is 69.0 Å². The van der Waals surface area contributed by atoms with E-state index < -0.39 is 5.97 Å². The number of methoxy groups -OCH3 is 1. The molecule has 2 aromatic rings. The molecule has 0 aromatic carbocycles. The van der Waals surface area contributed by atoms with Crippen molar-refractivity contribution in [3.8, 4) is 0 Å². The van der Waals surface area contributed by atoms with Crippen molar-refractivity contribution in [3.63, 3.8) is 0 Å². The monoisotopic (exact) mass is 246 g/mol. The number of hydrogen-bond donors (Lipinski definition) is 1. The Bertz CT molecular complexity index is 551. The van der Waals surface area contributed by atoms with Gasteiger partial charge in [-0.05, 0) is 18.2 Å². The molecule has 1 N–H and O–H groups in total. The molecule has 0 saturated heterocycles. The van der Waals surface area contributed by atoms with Crippen LogP contribution in [-0.4, -0.2) is 27.8 Å². The van der Waals surface area contributed by atoms with E-state index in [9.17, 15) is 4.79 Å². The SMILES string of the molecule is COC(=O)c1cc(NCc2ccnn2C)ccn1. The number of aromatic nitrogens is 3. The molecule has 0 aliphatic rings. The van der Waals surface area contributed by atoms with E-state index in [1.54, 1.807) is 29.2 Å². The van der Waals surface area contributed by atoms with E-state index in [4.69, 9.17) is 0 Å². The summed E-state index contributed by atoms with van der Waals surface area (Å²) < 4.78 is 6.40. The Morgan fingerprint density at radius 3 is 2.94 bits per heavy atom. The number of ether oxygens (including phenoxy) is 1. The first kappa shape index (κ1) is 12.1. The summed E-state index contributed by atoms with van der Waals surface area (Å²) in [5.74, 6) is -0.445. The highest BCUT2D eigenvalue weighted by Gasteiger charge is 2.07. The minimum atomic E-state index is -0.445. The van der Waals surface area contributed by atoms with Gasteiger partial charge in [-0.3, -0.25) is 4.68 Å². The third-order valence-electron chi connectivity index (χ3n) is 2.55. The summed E-state index contributed by atoms with van der Waals surface area (Å²) in [7, 11) is 3.21. The number of rotatable bonds is 4. The van der Waals surface area contributed by atoms with E-state index in [1.165, 1.54) is 7.11 Å². The fourth-order valence-corrected chi connectivity index (χ4v) is 1.52. The number of nitrogens with one attached hydrogen (secondary N) is 1. The molecule has 94 valence electrons. The fourth-order valence-electron chi connectivity index (χ4n) is 1.52. The highest BCUT2D eigenvalue weighted by atomic mass is 16.5. The molecule has 2 heterocycles. The van der Waals surface area contributed by atoms with Gasteiger partial charge in [0.05, 0.1) is 19.3 Å². The molecule has 0 atom stereocenters. The summed E-state index contributed by atoms with van der Waals surface area (Å²) in [5, 5.41) is 7.28. The molecule has 0 fully saturated rings. The van der Waals surface area contributed by atoms with Crippen molar-refractivity contribution in [3.05, 3.63) is 42.0 Å². The Morgan fingerprint density at radius 2 is 2.28 bits per heavy atom. The Kier molecular flexibility index (Phi) is 3.57. The first-order valence-electron chi connectivity index (χ1n) is 5.46. The van der Waals surface area contributed by atoms with Gasteiger partial charge >= 0.3 is 5.97 Å². The van der Waals surface area contributed by atoms with Crippen LogP contribution in [0.3, 0.4) is 0 Å². The van der Waals surface area contributed by atoms with Crippen LogP contribution in [-0.2, 0) is 18.3 Å². The van der Waals surface area contributed by atoms with Gasteiger partial charge in [0.2, 0.25) is 0 Å². The molecular formula is C12H14N4O2. The highest BCUT2D eigenvalue weighted by molar-refractivity contribution is 5.88. The molecule has 2 aromatic heterocycles. The number of nitrogens with zero attached hydrogens (tertiary/aromatic N) is 3. The van der Waals surface area contributed by atoms with Crippen LogP contribution in [0.5, 0.6) is 0 Å². The minimum absolute atomic E-state index is 0.285. The molecule has 0 amide bonds. The van der Waals surface area contributed by atoms with Gasteiger partial charge in [-0.2, -0.15) is 5.10 Å². The summed E-state index contributed by atoms with van der Waals surface area (Å²) >= 11 is 0. The third-order valence-corrected chi connectivity index (χ3v) is 2.55. The average molecular weight is 246 g/mol.